The summed E-state index contributed by atoms with van der Waals surface area (Å²) in [7, 11) is 0. The molecule has 1 saturated carbocycles. The van der Waals surface area contributed by atoms with Crippen molar-refractivity contribution in [3.8, 4) is 0 Å². The van der Waals surface area contributed by atoms with Crippen LogP contribution in [0.1, 0.15) is 30.1 Å². The van der Waals surface area contributed by atoms with Gasteiger partial charge < -0.3 is 31.7 Å². The van der Waals surface area contributed by atoms with Gasteiger partial charge in [-0.15, -0.1) is 0 Å². The number of anilines is 4. The van der Waals surface area contributed by atoms with E-state index in [0.29, 0.717) is 32.2 Å². The summed E-state index contributed by atoms with van der Waals surface area (Å²) in [6, 6.07) is 1.87. The van der Waals surface area contributed by atoms with Crippen LogP contribution in [0.25, 0.3) is 0 Å². The van der Waals surface area contributed by atoms with Gasteiger partial charge in [0, 0.05) is 31.2 Å². The van der Waals surface area contributed by atoms with Crippen molar-refractivity contribution in [2.45, 2.75) is 31.8 Å². The molecule has 0 unspecified atom stereocenters. The van der Waals surface area contributed by atoms with Crippen molar-refractivity contribution in [3.63, 3.8) is 0 Å². The Balaban J connectivity index is 1.57. The van der Waals surface area contributed by atoms with E-state index in [4.69, 9.17) is 16.2 Å². The lowest BCUT2D eigenvalue weighted by molar-refractivity contribution is 0.100. The number of nitrogens with zero attached hydrogens (tertiary/aromatic N) is 3. The zero-order valence-corrected chi connectivity index (χ0v) is 17.8. The lowest BCUT2D eigenvalue weighted by Crippen LogP contribution is -2.40. The summed E-state index contributed by atoms with van der Waals surface area (Å²) in [4.78, 5) is 22.0. The smallest absolute Gasteiger partial charge is 0.252 e. The van der Waals surface area contributed by atoms with Gasteiger partial charge in [0.05, 0.1) is 30.7 Å². The summed E-state index contributed by atoms with van der Waals surface area (Å²) in [6.07, 6.45) is 3.52. The summed E-state index contributed by atoms with van der Waals surface area (Å²) in [6.45, 7) is 3.93. The molecule has 32 heavy (non-hydrogen) atoms. The maximum atomic E-state index is 14.7. The largest absolute Gasteiger partial charge is 0.378 e. The Morgan fingerprint density at radius 3 is 2.56 bits per heavy atom. The Morgan fingerprint density at radius 2 is 1.94 bits per heavy atom. The van der Waals surface area contributed by atoms with Gasteiger partial charge in [-0.1, -0.05) is 0 Å². The number of halogens is 2. The van der Waals surface area contributed by atoms with E-state index in [0.717, 1.165) is 18.9 Å². The van der Waals surface area contributed by atoms with Crippen LogP contribution in [0.2, 0.25) is 0 Å². The van der Waals surface area contributed by atoms with Gasteiger partial charge in [-0.05, 0) is 31.7 Å². The zero-order valence-electron chi connectivity index (χ0n) is 17.8. The maximum absolute atomic E-state index is 14.7. The SMILES string of the molecule is C[C@@H](Nc1nc(Nc2cnc(N3CCOCC3)c(F)c2)c(C(N)=O)cc1F)[C@H](N)C1CC1. The molecule has 1 aliphatic heterocycles. The average Bonchev–Trinajstić information content (AvgIpc) is 3.61. The number of hydrogen-bond acceptors (Lipinski definition) is 8. The van der Waals surface area contributed by atoms with E-state index in [2.05, 4.69) is 20.6 Å². The van der Waals surface area contributed by atoms with Crippen LogP contribution in [0.4, 0.5) is 31.9 Å². The third-order valence-corrected chi connectivity index (χ3v) is 5.74. The van der Waals surface area contributed by atoms with Gasteiger partial charge in [0.1, 0.15) is 5.82 Å². The van der Waals surface area contributed by atoms with E-state index < -0.39 is 17.5 Å². The highest BCUT2D eigenvalue weighted by Gasteiger charge is 2.32. The number of ether oxygens (including phenoxy) is 1. The van der Waals surface area contributed by atoms with E-state index in [1.54, 1.807) is 4.90 Å². The molecule has 2 fully saturated rings. The van der Waals surface area contributed by atoms with Crippen molar-refractivity contribution in [3.05, 3.63) is 35.5 Å². The predicted octanol–water partition coefficient (Wildman–Crippen LogP) is 1.97. The minimum Gasteiger partial charge on any atom is -0.378 e. The third kappa shape index (κ3) is 4.89. The van der Waals surface area contributed by atoms with E-state index in [9.17, 15) is 13.6 Å². The number of amides is 1. The van der Waals surface area contributed by atoms with Crippen molar-refractivity contribution in [2.24, 2.45) is 17.4 Å². The van der Waals surface area contributed by atoms with E-state index in [1.165, 1.54) is 12.3 Å². The molecule has 6 N–H and O–H groups in total. The molecule has 2 aromatic heterocycles. The van der Waals surface area contributed by atoms with Crippen LogP contribution in [0.15, 0.2) is 18.3 Å². The van der Waals surface area contributed by atoms with Crippen LogP contribution in [0.5, 0.6) is 0 Å². The summed E-state index contributed by atoms with van der Waals surface area (Å²) in [5.74, 6) is -1.60. The van der Waals surface area contributed by atoms with E-state index in [-0.39, 0.29) is 40.8 Å². The summed E-state index contributed by atoms with van der Waals surface area (Å²) < 4.78 is 34.6. The fourth-order valence-electron chi connectivity index (χ4n) is 3.72. The Morgan fingerprint density at radius 1 is 1.22 bits per heavy atom. The molecule has 1 aliphatic carbocycles. The van der Waals surface area contributed by atoms with Gasteiger partial charge >= 0.3 is 0 Å². The standard InChI is InChI=1S/C21H27F2N7O2/c1-11(17(24)12-2-3-12)27-20-15(22)9-14(18(25)31)19(29-20)28-13-8-16(23)21(26-10-13)30-4-6-32-7-5-30/h8-12,17H,2-7,24H2,1H3,(H2,25,31)(H2,27,28,29)/t11-,17+/m1/s1. The molecule has 2 aromatic rings. The topological polar surface area (TPSA) is 131 Å². The molecule has 172 valence electrons. The number of morpholine rings is 1. The lowest BCUT2D eigenvalue weighted by Gasteiger charge is -2.28. The molecule has 2 atom stereocenters. The summed E-state index contributed by atoms with van der Waals surface area (Å²) >= 11 is 0. The highest BCUT2D eigenvalue weighted by molar-refractivity contribution is 5.98. The van der Waals surface area contributed by atoms with Gasteiger partial charge in [0.25, 0.3) is 5.91 Å². The van der Waals surface area contributed by atoms with Crippen LogP contribution >= 0.6 is 0 Å². The number of pyridine rings is 2. The van der Waals surface area contributed by atoms with Gasteiger partial charge in [-0.3, -0.25) is 4.79 Å². The number of nitrogens with two attached hydrogens (primary N) is 2. The number of carbonyl (C=O) groups excluding carboxylic acids is 1. The molecule has 9 nitrogen and oxygen atoms in total. The van der Waals surface area contributed by atoms with Crippen molar-refractivity contribution in [2.75, 3.05) is 41.8 Å². The number of aromatic nitrogens is 2. The molecule has 1 amide bonds. The number of primary amides is 1. The van der Waals surface area contributed by atoms with Crippen molar-refractivity contribution < 1.29 is 18.3 Å². The Kier molecular flexibility index (Phi) is 6.38. The second kappa shape index (κ2) is 9.21. The van der Waals surface area contributed by atoms with Gasteiger partial charge in [0.2, 0.25) is 0 Å². The normalized spacial score (nSPS) is 18.2. The second-order valence-electron chi connectivity index (χ2n) is 8.18. The molecule has 0 spiro atoms. The first kappa shape index (κ1) is 22.2. The highest BCUT2D eigenvalue weighted by atomic mass is 19.1. The lowest BCUT2D eigenvalue weighted by atomic mass is 10.1. The molecular formula is C21H27F2N7O2. The first-order valence-electron chi connectivity index (χ1n) is 10.6. The molecule has 2 aliphatic rings. The third-order valence-electron chi connectivity index (χ3n) is 5.74. The molecule has 1 saturated heterocycles. The number of hydrogen-bond donors (Lipinski definition) is 4. The monoisotopic (exact) mass is 447 g/mol. The van der Waals surface area contributed by atoms with E-state index in [1.807, 2.05) is 6.92 Å². The number of rotatable bonds is 8. The minimum atomic E-state index is -0.869. The van der Waals surface area contributed by atoms with Crippen molar-refractivity contribution >= 4 is 29.0 Å². The van der Waals surface area contributed by atoms with Crippen LogP contribution in [-0.2, 0) is 4.74 Å². The van der Waals surface area contributed by atoms with E-state index >= 15 is 0 Å². The van der Waals surface area contributed by atoms with Crippen molar-refractivity contribution in [1.29, 1.82) is 0 Å². The molecular weight excluding hydrogens is 420 g/mol. The molecule has 4 rings (SSSR count). The van der Waals surface area contributed by atoms with Gasteiger partial charge in [-0.2, -0.15) is 0 Å². The quantitative estimate of drug-likeness (QED) is 0.483. The highest BCUT2D eigenvalue weighted by Crippen LogP contribution is 2.34. The average molecular weight is 447 g/mol. The molecule has 11 heteroatoms. The molecule has 0 radical (unpaired) electrons. The summed E-state index contributed by atoms with van der Waals surface area (Å²) in [5.41, 5.74) is 11.7. The van der Waals surface area contributed by atoms with Crippen LogP contribution < -0.4 is 27.0 Å². The van der Waals surface area contributed by atoms with Gasteiger partial charge in [-0.25, -0.2) is 18.7 Å². The van der Waals surface area contributed by atoms with Crippen LogP contribution in [-0.4, -0.2) is 54.3 Å². The minimum absolute atomic E-state index is 0.00563. The van der Waals surface area contributed by atoms with Gasteiger partial charge in [0.15, 0.2) is 23.3 Å². The predicted molar refractivity (Wildman–Crippen MR) is 117 cm³/mol. The Bertz CT molecular complexity index is 996. The molecule has 0 bridgehead atoms. The first-order valence-corrected chi connectivity index (χ1v) is 10.6. The molecule has 3 heterocycles. The molecule has 0 aromatic carbocycles. The Labute approximate surface area is 184 Å². The fraction of sp³-hybridized carbons (Fsp3) is 0.476. The second-order valence-corrected chi connectivity index (χ2v) is 8.18. The van der Waals surface area contributed by atoms with Crippen LogP contribution in [0.3, 0.4) is 0 Å². The zero-order chi connectivity index (χ0) is 22.8. The summed E-state index contributed by atoms with van der Waals surface area (Å²) in [5, 5.41) is 5.81. The first-order chi connectivity index (χ1) is 15.3. The Hall–Kier alpha value is -3.05. The van der Waals surface area contributed by atoms with Crippen LogP contribution in [0, 0.1) is 17.6 Å². The number of carbonyl (C=O) groups is 1. The fourth-order valence-corrected chi connectivity index (χ4v) is 3.72. The maximum Gasteiger partial charge on any atom is 0.252 e. The number of nitrogens with one attached hydrogen (secondary N) is 2. The van der Waals surface area contributed by atoms with Crippen molar-refractivity contribution in [1.82, 2.24) is 9.97 Å².